The molecule has 4 rings (SSSR count). The first-order chi connectivity index (χ1) is 11.8. The molecule has 1 aromatic heterocycles. The minimum Gasteiger partial charge on any atom is -0.341 e. The molecule has 1 aliphatic heterocycles. The number of anilines is 1. The van der Waals surface area contributed by atoms with Crippen LogP contribution in [0.4, 0.5) is 10.3 Å². The van der Waals surface area contributed by atoms with Crippen molar-refractivity contribution < 1.29 is 4.39 Å². The summed E-state index contributed by atoms with van der Waals surface area (Å²) in [6.07, 6.45) is 1.10. The minimum absolute atomic E-state index is 0.197. The molecule has 5 heteroatoms. The van der Waals surface area contributed by atoms with Gasteiger partial charge in [-0.1, -0.05) is 24.3 Å². The van der Waals surface area contributed by atoms with E-state index in [2.05, 4.69) is 20.9 Å². The Labute approximate surface area is 140 Å². The molecule has 1 saturated heterocycles. The molecular weight excluding hydrogens is 303 g/mol. The number of nitrogens with one attached hydrogen (secondary N) is 1. The van der Waals surface area contributed by atoms with Crippen molar-refractivity contribution in [2.24, 2.45) is 0 Å². The van der Waals surface area contributed by atoms with Crippen LogP contribution in [0.3, 0.4) is 0 Å². The smallest absolute Gasteiger partial charge is 0.206 e. The largest absolute Gasteiger partial charge is 0.341 e. The molecule has 0 aliphatic carbocycles. The summed E-state index contributed by atoms with van der Waals surface area (Å²) in [6.45, 7) is 4.55. The summed E-state index contributed by atoms with van der Waals surface area (Å²) in [5.41, 5.74) is 3.03. The molecule has 0 unspecified atom stereocenters. The summed E-state index contributed by atoms with van der Waals surface area (Å²) in [4.78, 5) is 7.20. The highest BCUT2D eigenvalue weighted by Gasteiger charge is 2.18. The third-order valence-corrected chi connectivity index (χ3v) is 4.49. The lowest BCUT2D eigenvalue weighted by Gasteiger charge is -2.22. The van der Waals surface area contributed by atoms with Gasteiger partial charge in [0.1, 0.15) is 5.82 Å². The summed E-state index contributed by atoms with van der Waals surface area (Å²) < 4.78 is 15.8. The molecule has 1 fully saturated rings. The number of nitrogens with zero attached hydrogens (tertiary/aromatic N) is 3. The number of hydrogen-bond donors (Lipinski definition) is 1. The predicted octanol–water partition coefficient (Wildman–Crippen LogP) is 3.02. The van der Waals surface area contributed by atoms with Crippen LogP contribution in [-0.2, 0) is 6.54 Å². The number of hydrogen-bond acceptors (Lipinski definition) is 3. The van der Waals surface area contributed by atoms with Gasteiger partial charge in [-0.2, -0.15) is 0 Å². The van der Waals surface area contributed by atoms with E-state index in [0.717, 1.165) is 55.1 Å². The van der Waals surface area contributed by atoms with Crippen LogP contribution in [0.2, 0.25) is 0 Å². The van der Waals surface area contributed by atoms with Gasteiger partial charge in [0, 0.05) is 19.6 Å². The molecule has 2 aromatic carbocycles. The van der Waals surface area contributed by atoms with E-state index in [9.17, 15) is 4.39 Å². The first-order valence-corrected chi connectivity index (χ1v) is 8.47. The molecule has 0 atom stereocenters. The number of rotatable bonds is 3. The number of para-hydroxylation sites is 2. The molecule has 0 saturated carbocycles. The first kappa shape index (κ1) is 15.1. The maximum absolute atomic E-state index is 13.6. The number of imidazole rings is 1. The Bertz CT molecular complexity index is 834. The minimum atomic E-state index is -0.197. The predicted molar refractivity (Wildman–Crippen MR) is 94.9 cm³/mol. The molecule has 0 amide bonds. The molecule has 2 heterocycles. The highest BCUT2D eigenvalue weighted by atomic mass is 19.1. The average molecular weight is 324 g/mol. The fourth-order valence-corrected chi connectivity index (χ4v) is 3.32. The highest BCUT2D eigenvalue weighted by molar-refractivity contribution is 5.79. The van der Waals surface area contributed by atoms with Gasteiger partial charge in [-0.25, -0.2) is 9.37 Å². The van der Waals surface area contributed by atoms with Crippen molar-refractivity contribution in [1.29, 1.82) is 0 Å². The lowest BCUT2D eigenvalue weighted by molar-refractivity contribution is 0.623. The molecule has 4 nitrogen and oxygen atoms in total. The molecular formula is C19H21FN4. The van der Waals surface area contributed by atoms with E-state index < -0.39 is 0 Å². The Morgan fingerprint density at radius 2 is 1.96 bits per heavy atom. The summed E-state index contributed by atoms with van der Waals surface area (Å²) in [7, 11) is 0. The van der Waals surface area contributed by atoms with Gasteiger partial charge >= 0.3 is 0 Å². The molecule has 0 spiro atoms. The molecule has 124 valence electrons. The second-order valence-corrected chi connectivity index (χ2v) is 6.21. The second kappa shape index (κ2) is 6.61. The summed E-state index contributed by atoms with van der Waals surface area (Å²) in [5.74, 6) is 0.779. The Balaban J connectivity index is 1.77. The second-order valence-electron chi connectivity index (χ2n) is 6.21. The maximum Gasteiger partial charge on any atom is 0.206 e. The Morgan fingerprint density at radius 3 is 2.88 bits per heavy atom. The molecule has 3 aromatic rings. The molecule has 0 radical (unpaired) electrons. The van der Waals surface area contributed by atoms with Gasteiger partial charge in [0.25, 0.3) is 0 Å². The van der Waals surface area contributed by atoms with Gasteiger partial charge in [0.2, 0.25) is 5.95 Å². The molecule has 1 N–H and O–H groups in total. The summed E-state index contributed by atoms with van der Waals surface area (Å²) in [6, 6.07) is 15.0. The zero-order valence-corrected chi connectivity index (χ0v) is 13.6. The molecule has 1 aliphatic rings. The van der Waals surface area contributed by atoms with Crippen LogP contribution in [0.15, 0.2) is 48.5 Å². The normalized spacial score (nSPS) is 15.6. The standard InChI is InChI=1S/C19H21FN4/c20-16-6-3-5-15(13-16)14-24-18-8-2-1-7-17(18)22-19(24)23-11-4-9-21-10-12-23/h1-3,5-8,13,21H,4,9-12,14H2. The van der Waals surface area contributed by atoms with Crippen molar-refractivity contribution in [3.63, 3.8) is 0 Å². The van der Waals surface area contributed by atoms with Gasteiger partial charge in [-0.05, 0) is 42.8 Å². The Morgan fingerprint density at radius 1 is 1.04 bits per heavy atom. The van der Waals surface area contributed by atoms with Crippen LogP contribution in [0.1, 0.15) is 12.0 Å². The number of benzene rings is 2. The van der Waals surface area contributed by atoms with Crippen molar-refractivity contribution in [3.8, 4) is 0 Å². The topological polar surface area (TPSA) is 33.1 Å². The van der Waals surface area contributed by atoms with Crippen molar-refractivity contribution in [3.05, 3.63) is 59.9 Å². The van der Waals surface area contributed by atoms with Gasteiger partial charge in [-0.3, -0.25) is 0 Å². The van der Waals surface area contributed by atoms with E-state index >= 15 is 0 Å². The zero-order valence-electron chi connectivity index (χ0n) is 13.6. The fraction of sp³-hybridized carbons (Fsp3) is 0.316. The van der Waals surface area contributed by atoms with E-state index in [-0.39, 0.29) is 5.82 Å². The quantitative estimate of drug-likeness (QED) is 0.804. The van der Waals surface area contributed by atoms with Crippen LogP contribution in [0.25, 0.3) is 11.0 Å². The Kier molecular flexibility index (Phi) is 4.17. The van der Waals surface area contributed by atoms with Crippen molar-refractivity contribution in [2.45, 2.75) is 13.0 Å². The van der Waals surface area contributed by atoms with Gasteiger partial charge < -0.3 is 14.8 Å². The average Bonchev–Trinajstić information content (AvgIpc) is 2.77. The van der Waals surface area contributed by atoms with Gasteiger partial charge in [0.15, 0.2) is 0 Å². The van der Waals surface area contributed by atoms with Crippen molar-refractivity contribution in [1.82, 2.24) is 14.9 Å². The van der Waals surface area contributed by atoms with E-state index in [0.29, 0.717) is 6.54 Å². The van der Waals surface area contributed by atoms with Crippen molar-refractivity contribution >= 4 is 17.0 Å². The van der Waals surface area contributed by atoms with E-state index in [1.807, 2.05) is 24.3 Å². The van der Waals surface area contributed by atoms with Crippen LogP contribution in [-0.4, -0.2) is 35.7 Å². The third-order valence-electron chi connectivity index (χ3n) is 4.49. The number of aromatic nitrogens is 2. The third kappa shape index (κ3) is 2.99. The number of halogens is 1. The lowest BCUT2D eigenvalue weighted by Crippen LogP contribution is -2.30. The van der Waals surface area contributed by atoms with Crippen molar-refractivity contribution in [2.75, 3.05) is 31.1 Å². The van der Waals surface area contributed by atoms with Gasteiger partial charge in [-0.15, -0.1) is 0 Å². The van der Waals surface area contributed by atoms with E-state index in [1.165, 1.54) is 6.07 Å². The fourth-order valence-electron chi connectivity index (χ4n) is 3.32. The highest BCUT2D eigenvalue weighted by Crippen LogP contribution is 2.24. The lowest BCUT2D eigenvalue weighted by atomic mass is 10.2. The number of fused-ring (bicyclic) bond motifs is 1. The van der Waals surface area contributed by atoms with Crippen LogP contribution in [0, 0.1) is 5.82 Å². The van der Waals surface area contributed by atoms with Gasteiger partial charge in [0.05, 0.1) is 17.6 Å². The van der Waals surface area contributed by atoms with Crippen LogP contribution >= 0.6 is 0 Å². The van der Waals surface area contributed by atoms with E-state index in [1.54, 1.807) is 12.1 Å². The molecule has 0 bridgehead atoms. The maximum atomic E-state index is 13.6. The van der Waals surface area contributed by atoms with Crippen LogP contribution in [0.5, 0.6) is 0 Å². The monoisotopic (exact) mass is 324 g/mol. The zero-order chi connectivity index (χ0) is 16.4. The van der Waals surface area contributed by atoms with E-state index in [4.69, 9.17) is 4.98 Å². The SMILES string of the molecule is Fc1cccc(Cn2c(N3CCCNCC3)nc3ccccc32)c1. The van der Waals surface area contributed by atoms with Crippen LogP contribution < -0.4 is 10.2 Å². The summed E-state index contributed by atoms with van der Waals surface area (Å²) >= 11 is 0. The summed E-state index contributed by atoms with van der Waals surface area (Å²) in [5, 5.41) is 3.43. The first-order valence-electron chi connectivity index (χ1n) is 8.47. The molecule has 24 heavy (non-hydrogen) atoms. The Hall–Kier alpha value is -2.40.